The van der Waals surface area contributed by atoms with E-state index in [9.17, 15) is 9.18 Å². The number of Topliss-reactive ketones (excluding diaryl/α,β-unsaturated/α-hetero) is 1. The molecular weight excluding hydrogens is 371 g/mol. The van der Waals surface area contributed by atoms with Gasteiger partial charge in [0.05, 0.1) is 5.56 Å². The maximum Gasteiger partial charge on any atom is 0.171 e. The molecule has 1 nitrogen and oxygen atoms in total. The Morgan fingerprint density at radius 1 is 0.933 bits per heavy atom. The zero-order chi connectivity index (χ0) is 21.7. The fourth-order valence-corrected chi connectivity index (χ4v) is 4.70. The van der Waals surface area contributed by atoms with Gasteiger partial charge in [-0.05, 0) is 66.3 Å². The minimum Gasteiger partial charge on any atom is -0.293 e. The molecule has 0 radical (unpaired) electrons. The highest BCUT2D eigenvalue weighted by Crippen LogP contribution is 2.38. The van der Waals surface area contributed by atoms with Gasteiger partial charge in [-0.3, -0.25) is 4.79 Å². The van der Waals surface area contributed by atoms with Crippen molar-refractivity contribution in [1.82, 2.24) is 0 Å². The van der Waals surface area contributed by atoms with Crippen LogP contribution in [0.4, 0.5) is 4.39 Å². The number of hydrogen-bond donors (Lipinski definition) is 0. The van der Waals surface area contributed by atoms with Crippen LogP contribution in [0, 0.1) is 17.2 Å². The molecule has 0 spiro atoms. The smallest absolute Gasteiger partial charge is 0.171 e. The van der Waals surface area contributed by atoms with Crippen molar-refractivity contribution in [3.8, 4) is 11.1 Å². The van der Waals surface area contributed by atoms with Gasteiger partial charge in [-0.1, -0.05) is 83.7 Å². The van der Waals surface area contributed by atoms with E-state index in [2.05, 4.69) is 31.2 Å². The van der Waals surface area contributed by atoms with Crippen LogP contribution in [0.1, 0.15) is 101 Å². The molecule has 0 aromatic heterocycles. The van der Waals surface area contributed by atoms with Gasteiger partial charge in [-0.15, -0.1) is 0 Å². The maximum absolute atomic E-state index is 14.6. The summed E-state index contributed by atoms with van der Waals surface area (Å²) in [5.41, 5.74) is 2.83. The van der Waals surface area contributed by atoms with E-state index >= 15 is 0 Å². The van der Waals surface area contributed by atoms with Crippen molar-refractivity contribution in [3.63, 3.8) is 0 Å². The Morgan fingerprint density at radius 3 is 2.13 bits per heavy atom. The Kier molecular flexibility index (Phi) is 7.50. The molecule has 2 heteroatoms. The molecule has 0 unspecified atom stereocenters. The summed E-state index contributed by atoms with van der Waals surface area (Å²) in [6.07, 6.45) is 10.7. The first-order valence-corrected chi connectivity index (χ1v) is 11.7. The second-order valence-electron chi connectivity index (χ2n) is 10.1. The quantitative estimate of drug-likeness (QED) is 0.331. The fraction of sp³-hybridized carbons (Fsp3) is 0.536. The Labute approximate surface area is 182 Å². The van der Waals surface area contributed by atoms with E-state index in [1.807, 2.05) is 26.8 Å². The predicted octanol–water partition coefficient (Wildman–Crippen LogP) is 8.58. The monoisotopic (exact) mass is 408 g/mol. The summed E-state index contributed by atoms with van der Waals surface area (Å²) in [6, 6.07) is 13.6. The van der Waals surface area contributed by atoms with E-state index in [0.29, 0.717) is 5.92 Å². The molecule has 162 valence electrons. The van der Waals surface area contributed by atoms with Crippen LogP contribution in [0.3, 0.4) is 0 Å². The van der Waals surface area contributed by atoms with Crippen LogP contribution in [0.15, 0.2) is 42.5 Å². The van der Waals surface area contributed by atoms with E-state index in [0.717, 1.165) is 17.0 Å². The molecular formula is C28H37FO. The van der Waals surface area contributed by atoms with Gasteiger partial charge in [0.25, 0.3) is 0 Å². The van der Waals surface area contributed by atoms with Gasteiger partial charge in [-0.2, -0.15) is 0 Å². The third-order valence-electron chi connectivity index (χ3n) is 6.67. The lowest BCUT2D eigenvalue weighted by molar-refractivity contribution is 0.0854. The van der Waals surface area contributed by atoms with Crippen molar-refractivity contribution in [3.05, 3.63) is 59.4 Å². The van der Waals surface area contributed by atoms with Gasteiger partial charge in [0.1, 0.15) is 5.82 Å². The molecule has 0 aliphatic heterocycles. The van der Waals surface area contributed by atoms with Crippen LogP contribution < -0.4 is 0 Å². The minimum absolute atomic E-state index is 0.160. The molecule has 0 heterocycles. The maximum atomic E-state index is 14.6. The van der Waals surface area contributed by atoms with Crippen LogP contribution in [0.25, 0.3) is 11.1 Å². The largest absolute Gasteiger partial charge is 0.293 e. The lowest BCUT2D eigenvalue weighted by atomic mass is 9.77. The third-order valence-corrected chi connectivity index (χ3v) is 6.67. The number of halogens is 1. The Hall–Kier alpha value is -1.96. The van der Waals surface area contributed by atoms with Crippen LogP contribution in [0.2, 0.25) is 0 Å². The van der Waals surface area contributed by atoms with Gasteiger partial charge in [0, 0.05) is 5.41 Å². The van der Waals surface area contributed by atoms with Crippen LogP contribution >= 0.6 is 0 Å². The van der Waals surface area contributed by atoms with Gasteiger partial charge < -0.3 is 0 Å². The molecule has 2 aromatic carbocycles. The van der Waals surface area contributed by atoms with E-state index in [1.54, 1.807) is 6.07 Å². The standard InChI is InChI=1S/C28H37FO/c1-5-6-7-8-20-9-11-21(12-10-20)22-13-15-23(16-14-22)24-17-18-25(26(29)19-24)27(30)28(2,3)4/h13-21H,5-12H2,1-4H3. The molecule has 3 rings (SSSR count). The molecule has 0 N–H and O–H groups in total. The van der Waals surface area contributed by atoms with Crippen molar-refractivity contribution >= 4 is 5.78 Å². The van der Waals surface area contributed by atoms with E-state index in [4.69, 9.17) is 0 Å². The van der Waals surface area contributed by atoms with Crippen molar-refractivity contribution < 1.29 is 9.18 Å². The molecule has 0 atom stereocenters. The van der Waals surface area contributed by atoms with Gasteiger partial charge in [0.15, 0.2) is 5.78 Å². The molecule has 0 saturated heterocycles. The summed E-state index contributed by atoms with van der Waals surface area (Å²) in [4.78, 5) is 12.4. The van der Waals surface area contributed by atoms with Crippen molar-refractivity contribution in [1.29, 1.82) is 0 Å². The van der Waals surface area contributed by atoms with E-state index in [-0.39, 0.29) is 11.3 Å². The summed E-state index contributed by atoms with van der Waals surface area (Å²) < 4.78 is 14.6. The summed E-state index contributed by atoms with van der Waals surface area (Å²) in [7, 11) is 0. The highest BCUT2D eigenvalue weighted by Gasteiger charge is 2.26. The molecule has 0 bridgehead atoms. The molecule has 1 aliphatic rings. The second kappa shape index (κ2) is 9.90. The highest BCUT2D eigenvalue weighted by molar-refractivity contribution is 6.00. The summed E-state index contributed by atoms with van der Waals surface area (Å²) in [6.45, 7) is 7.73. The van der Waals surface area contributed by atoms with Crippen molar-refractivity contribution in [2.75, 3.05) is 0 Å². The average Bonchev–Trinajstić information content (AvgIpc) is 2.73. The van der Waals surface area contributed by atoms with Crippen molar-refractivity contribution in [2.24, 2.45) is 11.3 Å². The molecule has 2 aromatic rings. The minimum atomic E-state index is -0.584. The SMILES string of the molecule is CCCCCC1CCC(c2ccc(-c3ccc(C(=O)C(C)(C)C)c(F)c3)cc2)CC1. The highest BCUT2D eigenvalue weighted by atomic mass is 19.1. The molecule has 1 aliphatic carbocycles. The van der Waals surface area contributed by atoms with Crippen molar-refractivity contribution in [2.45, 2.75) is 85.0 Å². The lowest BCUT2D eigenvalue weighted by Gasteiger charge is -2.29. The molecule has 1 saturated carbocycles. The van der Waals surface area contributed by atoms with Gasteiger partial charge in [-0.25, -0.2) is 4.39 Å². The average molecular weight is 409 g/mol. The third kappa shape index (κ3) is 5.59. The van der Waals surface area contributed by atoms with Crippen LogP contribution in [-0.4, -0.2) is 5.78 Å². The number of carbonyl (C=O) groups is 1. The summed E-state index contributed by atoms with van der Waals surface area (Å²) in [5, 5.41) is 0. The first kappa shape index (κ1) is 22.7. The Morgan fingerprint density at radius 2 is 1.57 bits per heavy atom. The summed E-state index contributed by atoms with van der Waals surface area (Å²) in [5.74, 6) is 0.986. The number of carbonyl (C=O) groups excluding carboxylic acids is 1. The number of rotatable bonds is 7. The lowest BCUT2D eigenvalue weighted by Crippen LogP contribution is -2.21. The molecule has 0 amide bonds. The molecule has 30 heavy (non-hydrogen) atoms. The predicted molar refractivity (Wildman–Crippen MR) is 124 cm³/mol. The van der Waals surface area contributed by atoms with Crippen LogP contribution in [-0.2, 0) is 0 Å². The van der Waals surface area contributed by atoms with E-state index in [1.165, 1.54) is 63.0 Å². The Bertz CT molecular complexity index is 836. The zero-order valence-corrected chi connectivity index (χ0v) is 19.1. The topological polar surface area (TPSA) is 17.1 Å². The van der Waals surface area contributed by atoms with Crippen LogP contribution in [0.5, 0.6) is 0 Å². The number of hydrogen-bond acceptors (Lipinski definition) is 1. The normalized spacial score (nSPS) is 19.6. The summed E-state index contributed by atoms with van der Waals surface area (Å²) >= 11 is 0. The van der Waals surface area contributed by atoms with Gasteiger partial charge in [0.2, 0.25) is 0 Å². The zero-order valence-electron chi connectivity index (χ0n) is 19.1. The number of unbranched alkanes of at least 4 members (excludes halogenated alkanes) is 2. The molecule has 1 fully saturated rings. The number of benzene rings is 2. The number of ketones is 1. The van der Waals surface area contributed by atoms with Gasteiger partial charge >= 0.3 is 0 Å². The first-order chi connectivity index (χ1) is 14.3. The second-order valence-corrected chi connectivity index (χ2v) is 10.1. The Balaban J connectivity index is 1.64. The first-order valence-electron chi connectivity index (χ1n) is 11.7. The van der Waals surface area contributed by atoms with E-state index < -0.39 is 11.2 Å². The fourth-order valence-electron chi connectivity index (χ4n) is 4.70.